The van der Waals surface area contributed by atoms with Crippen molar-refractivity contribution in [2.75, 3.05) is 59.5 Å². The molecule has 9 rings (SSSR count). The van der Waals surface area contributed by atoms with Crippen LogP contribution in [0.5, 0.6) is 0 Å². The van der Waals surface area contributed by atoms with E-state index in [1.807, 2.05) is 0 Å². The van der Waals surface area contributed by atoms with E-state index in [9.17, 15) is 142 Å². The van der Waals surface area contributed by atoms with Crippen molar-refractivity contribution < 1.29 is 222 Å². The number of hydrogen-bond acceptors (Lipinski definition) is 46. The molecule has 0 saturated carbocycles. The maximum Gasteiger partial charge on any atom is 0.217 e. The SMILES string of the molecule is CC(=O)N[C@@H]1[C@@H](O)[C@H](O[C@@H]2O[C@H](CO)[C@@H](O[C@@H]3O[C@H](CO[C@H]4O[C@H](CO)[C@@H](O)[C@H](O)[C@@H]4O[C@@H]4O[C@H](CO)[C@@H](O[C@@H]5O[C@H](CO)[C@H](O)[C@H](O)[C@H]5O)[C@H](O)[C@H]4NC(C)=O)[C@@H](O)[C@H](O[C@H]4O[C@H](CO)[C@@H](O)[C@H](O)[C@@H]4O[C@@H]4O[C@H](CO)[C@@H](O[C@@H]5O[C@H](CO)[C@H](O)[C@H](O)[C@H]5O)[C@H](O)[C@H]4NC(C)=O)[C@@H]3O)[C@H](O)[C@H]2NC(C)=O)[C@@H](CO)O[C@H]1N. The van der Waals surface area contributed by atoms with Gasteiger partial charge in [-0.1, -0.05) is 0 Å². The maximum atomic E-state index is 13.0. The number of nitrogens with two attached hydrogens (primary N) is 1. The molecule has 0 radical (unpaired) electrons. The van der Waals surface area contributed by atoms with Crippen LogP contribution in [0.15, 0.2) is 0 Å². The highest BCUT2D eigenvalue weighted by Crippen LogP contribution is 2.40. The van der Waals surface area contributed by atoms with Crippen molar-refractivity contribution in [1.29, 1.82) is 0 Å². The van der Waals surface area contributed by atoms with Crippen molar-refractivity contribution >= 4 is 23.6 Å². The minimum Gasteiger partial charge on any atom is -0.394 e. The van der Waals surface area contributed by atoms with Crippen molar-refractivity contribution in [3.8, 4) is 0 Å². The molecular weight excluding hydrogens is 1530 g/mol. The first-order valence-corrected chi connectivity index (χ1v) is 35.7. The van der Waals surface area contributed by atoms with Gasteiger partial charge >= 0.3 is 0 Å². The molecule has 9 heterocycles. The van der Waals surface area contributed by atoms with Crippen LogP contribution in [0.2, 0.25) is 0 Å². The highest BCUT2D eigenvalue weighted by Gasteiger charge is 2.61. The molecule has 0 aromatic heterocycles. The van der Waals surface area contributed by atoms with Gasteiger partial charge < -0.3 is 230 Å². The number of carbonyl (C=O) groups is 4. The third-order valence-corrected chi connectivity index (χ3v) is 20.4. The molecular formula is C62H105N5O45. The van der Waals surface area contributed by atoms with E-state index in [0.29, 0.717) is 0 Å². The van der Waals surface area contributed by atoms with Crippen molar-refractivity contribution in [2.24, 2.45) is 5.73 Å². The van der Waals surface area contributed by atoms with Crippen LogP contribution in [-0.2, 0) is 99.7 Å². The van der Waals surface area contributed by atoms with E-state index in [1.165, 1.54) is 0 Å². The van der Waals surface area contributed by atoms with Gasteiger partial charge in [0.25, 0.3) is 0 Å². The molecule has 648 valence electrons. The average molecular weight is 1640 g/mol. The molecule has 0 aliphatic carbocycles. The Balaban J connectivity index is 1.05. The molecule has 112 heavy (non-hydrogen) atoms. The number of amides is 4. The average Bonchev–Trinajstić information content (AvgIpc) is 0.966. The summed E-state index contributed by atoms with van der Waals surface area (Å²) in [6, 6.07) is -7.16. The van der Waals surface area contributed by atoms with Crippen LogP contribution in [-0.4, -0.2) is 482 Å². The van der Waals surface area contributed by atoms with E-state index in [4.69, 9.17) is 86.3 Å². The number of hydrogen-bond donors (Lipinski definition) is 29. The zero-order valence-corrected chi connectivity index (χ0v) is 60.2. The third kappa shape index (κ3) is 20.2. The van der Waals surface area contributed by atoms with Gasteiger partial charge in [-0.2, -0.15) is 0 Å². The van der Waals surface area contributed by atoms with Gasteiger partial charge in [0.2, 0.25) is 23.6 Å². The van der Waals surface area contributed by atoms with Crippen molar-refractivity contribution in [3.63, 3.8) is 0 Å². The first-order chi connectivity index (χ1) is 53.0. The lowest BCUT2D eigenvalue weighted by Crippen LogP contribution is -2.71. The quantitative estimate of drug-likeness (QED) is 0.0331. The largest absolute Gasteiger partial charge is 0.394 e. The minimum atomic E-state index is -2.56. The molecule has 0 aromatic rings. The normalized spacial score (nSPS) is 48.9. The van der Waals surface area contributed by atoms with Crippen LogP contribution in [0.25, 0.3) is 0 Å². The van der Waals surface area contributed by atoms with Gasteiger partial charge in [0, 0.05) is 27.7 Å². The molecule has 0 unspecified atom stereocenters. The monoisotopic (exact) mass is 1640 g/mol. The molecule has 4 amide bonds. The molecule has 9 fully saturated rings. The van der Waals surface area contributed by atoms with E-state index in [2.05, 4.69) is 21.3 Å². The molecule has 50 nitrogen and oxygen atoms in total. The summed E-state index contributed by atoms with van der Waals surface area (Å²) >= 11 is 0. The molecule has 45 atom stereocenters. The zero-order valence-electron chi connectivity index (χ0n) is 60.2. The second-order valence-electron chi connectivity index (χ2n) is 28.2. The van der Waals surface area contributed by atoms with E-state index in [0.717, 1.165) is 27.7 Å². The summed E-state index contributed by atoms with van der Waals surface area (Å²) in [5.74, 6) is -3.51. The van der Waals surface area contributed by atoms with Crippen molar-refractivity contribution in [3.05, 3.63) is 0 Å². The Morgan fingerprint density at radius 3 is 0.848 bits per heavy atom. The highest BCUT2D eigenvalue weighted by atomic mass is 16.8. The van der Waals surface area contributed by atoms with E-state index in [-0.39, 0.29) is 0 Å². The van der Waals surface area contributed by atoms with Crippen LogP contribution in [0.4, 0.5) is 0 Å². The van der Waals surface area contributed by atoms with E-state index < -0.39 is 359 Å². The van der Waals surface area contributed by atoms with Gasteiger partial charge in [0.15, 0.2) is 50.3 Å². The number of rotatable bonds is 29. The van der Waals surface area contributed by atoms with Crippen LogP contribution in [0.1, 0.15) is 27.7 Å². The van der Waals surface area contributed by atoms with Gasteiger partial charge in [0.1, 0.15) is 220 Å². The second kappa shape index (κ2) is 40.3. The summed E-state index contributed by atoms with van der Waals surface area (Å²) in [4.78, 5) is 51.0. The summed E-state index contributed by atoms with van der Waals surface area (Å²) in [5, 5.41) is 276. The third-order valence-electron chi connectivity index (χ3n) is 20.4. The first-order valence-electron chi connectivity index (χ1n) is 35.7. The fourth-order valence-electron chi connectivity index (χ4n) is 14.5. The van der Waals surface area contributed by atoms with Crippen molar-refractivity contribution in [2.45, 2.75) is 304 Å². The fraction of sp³-hybridized carbons (Fsp3) is 0.935. The Labute approximate surface area is 634 Å². The predicted octanol–water partition coefficient (Wildman–Crippen LogP) is -20.1. The standard InChI is InChI=1S/C62H105N5O45/c1-14(76)64-27-36(85)47(22(9-72)97-54(27)63)106-55-28(65-15(2)77)37(86)50(25(12-75)102-55)109-60-46(95)51(110-62-53(43(92)34(83)21(8-71)101-62)112-57-30(67-17(4)79)39(88)49(24(11-74)104-57)108-59-45(94)41(90)32(81)19(6-69)99-59)35(84)26(105-60)13-96-61-52(42(91)33(82)20(7-70)100-61)111-56-29(66-16(3)78)38(87)48(23(10-73)103-56)107-58-44(93)40(89)31(80)18(5-68)98-58/h18-62,68-75,80-95H,5-13,63H2,1-4H3,(H,64,76)(H,65,77)(H,66,78)(H,67,79)/t18-,19-,20-,21-,22-,23-,24-,25-,26-,27-,28-,29-,30-,31+,32+,33-,34-,35-,36-,37-,38-,39-,40+,41+,42+,43+,44-,45-,46+,47-,48-,49-,50-,51+,52+,53+,54-,55+,56+,57+,58+,59+,60+,61+,62-/m1/s1. The molecule has 9 saturated heterocycles. The Hall–Kier alpha value is -3.80. The molecule has 9 aliphatic heterocycles. The van der Waals surface area contributed by atoms with E-state index >= 15 is 0 Å². The number of carbonyl (C=O) groups excluding carboxylic acids is 4. The minimum absolute atomic E-state index is 0.708. The first kappa shape index (κ1) is 92.1. The van der Waals surface area contributed by atoms with Crippen LogP contribution >= 0.6 is 0 Å². The number of ether oxygens (including phenoxy) is 17. The van der Waals surface area contributed by atoms with Crippen LogP contribution < -0.4 is 27.0 Å². The Bertz CT molecular complexity index is 2970. The molecule has 0 spiro atoms. The maximum absolute atomic E-state index is 13.0. The second-order valence-corrected chi connectivity index (χ2v) is 28.2. The van der Waals surface area contributed by atoms with Crippen molar-refractivity contribution in [1.82, 2.24) is 21.3 Å². The Morgan fingerprint density at radius 2 is 0.500 bits per heavy atom. The summed E-state index contributed by atoms with van der Waals surface area (Å²) in [5.41, 5.74) is 6.06. The number of aliphatic hydroxyl groups excluding tert-OH is 24. The van der Waals surface area contributed by atoms with Gasteiger partial charge in [0.05, 0.1) is 65.5 Å². The molecule has 0 bridgehead atoms. The van der Waals surface area contributed by atoms with Crippen LogP contribution in [0.3, 0.4) is 0 Å². The van der Waals surface area contributed by atoms with Gasteiger partial charge in [-0.25, -0.2) is 0 Å². The topological polar surface area (TPSA) is 785 Å². The Kier molecular flexibility index (Phi) is 33.1. The highest BCUT2D eigenvalue weighted by molar-refractivity contribution is 5.74. The van der Waals surface area contributed by atoms with Crippen LogP contribution in [0, 0.1) is 0 Å². The lowest BCUT2D eigenvalue weighted by atomic mass is 9.93. The molecule has 50 heteroatoms. The molecule has 30 N–H and O–H groups in total. The zero-order chi connectivity index (χ0) is 82.5. The lowest BCUT2D eigenvalue weighted by Gasteiger charge is -2.51. The number of aliphatic hydroxyl groups is 24. The number of nitrogens with one attached hydrogen (secondary N) is 4. The van der Waals surface area contributed by atoms with Gasteiger partial charge in [-0.05, 0) is 0 Å². The lowest BCUT2D eigenvalue weighted by molar-refractivity contribution is -0.398. The van der Waals surface area contributed by atoms with E-state index in [1.54, 1.807) is 0 Å². The summed E-state index contributed by atoms with van der Waals surface area (Å²) in [6.45, 7) is -5.79. The summed E-state index contributed by atoms with van der Waals surface area (Å²) in [7, 11) is 0. The Morgan fingerprint density at radius 1 is 0.250 bits per heavy atom. The predicted molar refractivity (Wildman–Crippen MR) is 345 cm³/mol. The molecule has 9 aliphatic rings. The summed E-state index contributed by atoms with van der Waals surface area (Å²) < 4.78 is 101. The molecule has 0 aromatic carbocycles. The van der Waals surface area contributed by atoms with Gasteiger partial charge in [-0.15, -0.1) is 0 Å². The smallest absolute Gasteiger partial charge is 0.217 e. The van der Waals surface area contributed by atoms with Gasteiger partial charge in [-0.3, -0.25) is 19.2 Å². The fourth-order valence-corrected chi connectivity index (χ4v) is 14.5. The summed E-state index contributed by atoms with van der Waals surface area (Å²) in [6.07, 6.45) is -84.0.